The smallest absolute Gasteiger partial charge is 0.176 e. The van der Waals surface area contributed by atoms with Crippen LogP contribution in [0.2, 0.25) is 0 Å². The lowest BCUT2D eigenvalue weighted by Gasteiger charge is -1.95. The monoisotopic (exact) mass is 180 g/mol. The third kappa shape index (κ3) is 1.08. The fraction of sp³-hybridized carbons (Fsp3) is 0.143. The Labute approximate surface area is 73.2 Å². The second kappa shape index (κ2) is 2.94. The lowest BCUT2D eigenvalue weighted by atomic mass is 10.4. The van der Waals surface area contributed by atoms with Crippen LogP contribution in [0.1, 0.15) is 0 Å². The second-order valence-electron chi connectivity index (χ2n) is 2.08. The Morgan fingerprint density at radius 1 is 1.67 bits per heavy atom. The molecule has 2 rings (SSSR count). The van der Waals surface area contributed by atoms with Crippen molar-refractivity contribution in [2.45, 2.75) is 0 Å². The normalized spacial score (nSPS) is 10.1. The summed E-state index contributed by atoms with van der Waals surface area (Å²) in [6, 6.07) is 0. The van der Waals surface area contributed by atoms with Gasteiger partial charge in [-0.1, -0.05) is 0 Å². The maximum absolute atomic E-state index is 5.03. The molecule has 0 bridgehead atoms. The van der Waals surface area contributed by atoms with Crippen LogP contribution in [-0.2, 0) is 0 Å². The van der Waals surface area contributed by atoms with Crippen molar-refractivity contribution < 1.29 is 4.74 Å². The quantitative estimate of drug-likeness (QED) is 0.758. The van der Waals surface area contributed by atoms with Gasteiger partial charge in [0.15, 0.2) is 11.9 Å². The highest BCUT2D eigenvalue weighted by atomic mass is 32.1. The van der Waals surface area contributed by atoms with Crippen LogP contribution in [0.25, 0.3) is 10.7 Å². The molecule has 0 aliphatic rings. The predicted molar refractivity (Wildman–Crippen MR) is 45.1 cm³/mol. The molecule has 2 aromatic rings. The summed E-state index contributed by atoms with van der Waals surface area (Å²) in [6.45, 7) is 0. The summed E-state index contributed by atoms with van der Waals surface area (Å²) in [5.41, 5.74) is 0.785. The van der Waals surface area contributed by atoms with Crippen LogP contribution in [0.4, 0.5) is 0 Å². The Morgan fingerprint density at radius 3 is 3.25 bits per heavy atom. The zero-order valence-electron chi connectivity index (χ0n) is 6.37. The van der Waals surface area contributed by atoms with Crippen LogP contribution in [0.5, 0.6) is 5.75 Å². The zero-order chi connectivity index (χ0) is 8.39. The van der Waals surface area contributed by atoms with Crippen molar-refractivity contribution in [3.05, 3.63) is 17.8 Å². The minimum Gasteiger partial charge on any atom is -0.492 e. The van der Waals surface area contributed by atoms with Crippen molar-refractivity contribution in [3.63, 3.8) is 0 Å². The Balaban J connectivity index is 2.46. The molecule has 0 saturated heterocycles. The topological polar surface area (TPSA) is 50.8 Å². The van der Waals surface area contributed by atoms with E-state index < -0.39 is 0 Å². The first kappa shape index (κ1) is 7.30. The van der Waals surface area contributed by atoms with Crippen LogP contribution >= 0.6 is 11.3 Å². The van der Waals surface area contributed by atoms with Crippen molar-refractivity contribution in [1.29, 1.82) is 0 Å². The summed E-state index contributed by atoms with van der Waals surface area (Å²) in [4.78, 5) is 4.11. The largest absolute Gasteiger partial charge is 0.492 e. The number of nitrogens with one attached hydrogen (secondary N) is 1. The highest BCUT2D eigenvalue weighted by molar-refractivity contribution is 7.13. The van der Waals surface area contributed by atoms with Gasteiger partial charge in [-0.2, -0.15) is 5.10 Å². The van der Waals surface area contributed by atoms with Crippen LogP contribution in [0, 0.1) is 6.20 Å². The lowest BCUT2D eigenvalue weighted by molar-refractivity contribution is 0.415. The summed E-state index contributed by atoms with van der Waals surface area (Å²) in [6.07, 6.45) is 4.42. The van der Waals surface area contributed by atoms with Gasteiger partial charge in [-0.3, -0.25) is 5.10 Å². The van der Waals surface area contributed by atoms with E-state index in [1.54, 1.807) is 13.3 Å². The van der Waals surface area contributed by atoms with E-state index in [2.05, 4.69) is 21.4 Å². The first-order valence-electron chi connectivity index (χ1n) is 3.31. The van der Waals surface area contributed by atoms with Crippen LogP contribution in [0.15, 0.2) is 11.6 Å². The lowest BCUT2D eigenvalue weighted by Crippen LogP contribution is -1.83. The molecular formula is C7H6N3OS. The summed E-state index contributed by atoms with van der Waals surface area (Å²) >= 11 is 1.53. The number of hydrogen-bond donors (Lipinski definition) is 1. The molecule has 2 aromatic heterocycles. The minimum absolute atomic E-state index is 0.602. The van der Waals surface area contributed by atoms with Crippen molar-refractivity contribution in [1.82, 2.24) is 15.2 Å². The molecule has 0 fully saturated rings. The number of thiazole rings is 1. The Kier molecular flexibility index (Phi) is 1.79. The number of rotatable bonds is 2. The number of nitrogens with zero attached hydrogens (tertiary/aromatic N) is 2. The van der Waals surface area contributed by atoms with Crippen molar-refractivity contribution in [2.75, 3.05) is 7.11 Å². The fourth-order valence-electron chi connectivity index (χ4n) is 0.881. The van der Waals surface area contributed by atoms with Crippen LogP contribution < -0.4 is 4.74 Å². The Hall–Kier alpha value is -1.36. The third-order valence-corrected chi connectivity index (χ3v) is 2.19. The molecule has 0 atom stereocenters. The fourth-order valence-corrected chi connectivity index (χ4v) is 1.51. The van der Waals surface area contributed by atoms with Crippen LogP contribution in [0.3, 0.4) is 0 Å². The molecule has 0 saturated carbocycles. The van der Waals surface area contributed by atoms with Gasteiger partial charge in [0.1, 0.15) is 10.7 Å². The molecule has 0 aromatic carbocycles. The molecule has 4 nitrogen and oxygen atoms in total. The van der Waals surface area contributed by atoms with E-state index >= 15 is 0 Å². The zero-order valence-corrected chi connectivity index (χ0v) is 7.18. The van der Waals surface area contributed by atoms with E-state index in [0.717, 1.165) is 10.7 Å². The molecule has 0 aliphatic heterocycles. The van der Waals surface area contributed by atoms with E-state index in [9.17, 15) is 0 Å². The van der Waals surface area contributed by atoms with Gasteiger partial charge in [-0.25, -0.2) is 4.98 Å². The number of aromatic amines is 1. The number of aromatic nitrogens is 3. The average molecular weight is 180 g/mol. The van der Waals surface area contributed by atoms with Gasteiger partial charge in [0, 0.05) is 11.6 Å². The molecule has 0 unspecified atom stereocenters. The molecule has 5 heteroatoms. The van der Waals surface area contributed by atoms with Crippen molar-refractivity contribution in [3.8, 4) is 16.5 Å². The van der Waals surface area contributed by atoms with Gasteiger partial charge in [-0.15, -0.1) is 11.3 Å². The summed E-state index contributed by atoms with van der Waals surface area (Å²) in [5, 5.41) is 9.28. The molecular weight excluding hydrogens is 174 g/mol. The predicted octanol–water partition coefficient (Wildman–Crippen LogP) is 1.34. The maximum atomic E-state index is 5.03. The van der Waals surface area contributed by atoms with Crippen molar-refractivity contribution in [2.24, 2.45) is 0 Å². The molecule has 2 heterocycles. The molecule has 1 radical (unpaired) electrons. The number of H-pyrrole nitrogens is 1. The number of methoxy groups -OCH3 is 1. The first-order chi connectivity index (χ1) is 5.92. The van der Waals surface area contributed by atoms with Gasteiger partial charge < -0.3 is 4.74 Å². The number of hydrogen-bond acceptors (Lipinski definition) is 4. The number of ether oxygens (including phenoxy) is 1. The first-order valence-corrected chi connectivity index (χ1v) is 4.19. The molecule has 0 amide bonds. The van der Waals surface area contributed by atoms with E-state index in [0.29, 0.717) is 5.75 Å². The molecule has 61 valence electrons. The van der Waals surface area contributed by atoms with E-state index in [1.807, 2.05) is 5.38 Å². The molecule has 1 N–H and O–H groups in total. The molecule has 0 aliphatic carbocycles. The van der Waals surface area contributed by atoms with E-state index in [1.165, 1.54) is 11.3 Å². The standard InChI is InChI=1S/C7H6N3OS/c1-11-5-4-9-10-6(5)7-8-2-3-12-7/h2-3H,1H3,(H,9,10). The second-order valence-corrected chi connectivity index (χ2v) is 2.98. The summed E-state index contributed by atoms with van der Waals surface area (Å²) in [5.74, 6) is 0.602. The van der Waals surface area contributed by atoms with Gasteiger partial charge >= 0.3 is 0 Å². The van der Waals surface area contributed by atoms with E-state index in [4.69, 9.17) is 4.74 Å². The SMILES string of the molecule is COc1[c]n[nH]c1-c1nccs1. The molecule has 12 heavy (non-hydrogen) atoms. The third-order valence-electron chi connectivity index (χ3n) is 1.40. The Morgan fingerprint density at radius 2 is 2.58 bits per heavy atom. The van der Waals surface area contributed by atoms with Gasteiger partial charge in [0.2, 0.25) is 0 Å². The highest BCUT2D eigenvalue weighted by Crippen LogP contribution is 2.27. The van der Waals surface area contributed by atoms with E-state index in [-0.39, 0.29) is 0 Å². The van der Waals surface area contributed by atoms with Gasteiger partial charge in [0.25, 0.3) is 0 Å². The summed E-state index contributed by atoms with van der Waals surface area (Å²) in [7, 11) is 1.58. The van der Waals surface area contributed by atoms with Gasteiger partial charge in [0.05, 0.1) is 7.11 Å². The van der Waals surface area contributed by atoms with Crippen LogP contribution in [-0.4, -0.2) is 22.3 Å². The van der Waals surface area contributed by atoms with Gasteiger partial charge in [-0.05, 0) is 0 Å². The molecule has 0 spiro atoms. The average Bonchev–Trinajstić information content (AvgIpc) is 2.74. The maximum Gasteiger partial charge on any atom is 0.176 e. The van der Waals surface area contributed by atoms with Crippen molar-refractivity contribution >= 4 is 11.3 Å². The Bertz CT molecular complexity index is 354. The minimum atomic E-state index is 0.602. The summed E-state index contributed by atoms with van der Waals surface area (Å²) < 4.78 is 5.03. The highest BCUT2D eigenvalue weighted by Gasteiger charge is 2.09.